The highest BCUT2D eigenvalue weighted by atomic mass is 32.2. The lowest BCUT2D eigenvalue weighted by molar-refractivity contribution is 0.723. The molecule has 0 bridgehead atoms. The molecule has 0 fully saturated rings. The molecule has 4 nitrogen and oxygen atoms in total. The number of nitrogens with zero attached hydrogens (tertiary/aromatic N) is 4. The van der Waals surface area contributed by atoms with Crippen LogP contribution in [0, 0.1) is 0 Å². The van der Waals surface area contributed by atoms with E-state index >= 15 is 0 Å². The SMILES string of the molecule is c1ccc(-c2nc(-c3ccccc3)nc(-c3cccc(-c4nc5ccccc5c5cc6c(cc45)C4(c5ccccc5Sc5ccccc54)c4ccccc4-6)c3)n2)cc1. The van der Waals surface area contributed by atoms with Crippen LogP contribution in [0.2, 0.25) is 0 Å². The molecule has 10 aromatic rings. The van der Waals surface area contributed by atoms with E-state index in [0.29, 0.717) is 17.5 Å². The number of aromatic nitrogens is 4. The molecule has 0 N–H and O–H groups in total. The van der Waals surface area contributed by atoms with Crippen molar-refractivity contribution in [3.63, 3.8) is 0 Å². The Bertz CT molecular complexity index is 3170. The lowest BCUT2D eigenvalue weighted by Gasteiger charge is -2.39. The molecule has 8 aromatic carbocycles. The van der Waals surface area contributed by atoms with Crippen molar-refractivity contribution < 1.29 is 0 Å². The maximum atomic E-state index is 5.48. The number of pyridine rings is 1. The number of hydrogen-bond donors (Lipinski definition) is 0. The van der Waals surface area contributed by atoms with Crippen molar-refractivity contribution in [2.45, 2.75) is 15.2 Å². The summed E-state index contributed by atoms with van der Waals surface area (Å²) in [6.45, 7) is 0. The Morgan fingerprint density at radius 2 is 0.862 bits per heavy atom. The zero-order valence-corrected chi connectivity index (χ0v) is 32.0. The molecule has 2 aliphatic rings. The standard InChI is InChI=1S/C53H32N4S/c1-3-16-33(17-4-1)50-55-51(34-18-5-2-6-19-34)57-52(56-50)36-21-15-20-35(30-36)49-41-32-45-40(31-39(41)38-23-8-12-27-46(38)54-49)37-22-7-9-24-42(37)53(45)43-25-10-13-28-47(43)58-48-29-14-11-26-44(48)53/h1-32H. The molecule has 0 unspecified atom stereocenters. The van der Waals surface area contributed by atoms with Crippen molar-refractivity contribution in [2.75, 3.05) is 0 Å². The van der Waals surface area contributed by atoms with Gasteiger partial charge >= 0.3 is 0 Å². The van der Waals surface area contributed by atoms with Gasteiger partial charge in [-0.1, -0.05) is 169 Å². The summed E-state index contributed by atoms with van der Waals surface area (Å²) in [6, 6.07) is 69.1. The van der Waals surface area contributed by atoms with E-state index in [0.717, 1.165) is 44.2 Å². The summed E-state index contributed by atoms with van der Waals surface area (Å²) in [5.74, 6) is 1.88. The largest absolute Gasteiger partial charge is 0.247 e. The molecule has 0 radical (unpaired) electrons. The molecule has 0 saturated heterocycles. The summed E-state index contributed by atoms with van der Waals surface area (Å²) in [4.78, 5) is 23.1. The average Bonchev–Trinajstić information content (AvgIpc) is 3.58. The van der Waals surface area contributed by atoms with Gasteiger partial charge in [0.2, 0.25) is 0 Å². The van der Waals surface area contributed by atoms with Crippen molar-refractivity contribution in [2.24, 2.45) is 0 Å². The van der Waals surface area contributed by atoms with Gasteiger partial charge in [0.05, 0.1) is 16.6 Å². The van der Waals surface area contributed by atoms with Gasteiger partial charge in [0, 0.05) is 42.8 Å². The summed E-state index contributed by atoms with van der Waals surface area (Å²) >= 11 is 1.87. The molecule has 2 aromatic heterocycles. The summed E-state index contributed by atoms with van der Waals surface area (Å²) in [6.07, 6.45) is 0. The number of fused-ring (bicyclic) bond motifs is 12. The van der Waals surface area contributed by atoms with E-state index < -0.39 is 5.41 Å². The van der Waals surface area contributed by atoms with E-state index in [-0.39, 0.29) is 0 Å². The van der Waals surface area contributed by atoms with Crippen molar-refractivity contribution in [3.05, 3.63) is 216 Å². The van der Waals surface area contributed by atoms with Gasteiger partial charge in [0.15, 0.2) is 17.5 Å². The first-order chi connectivity index (χ1) is 28.7. The van der Waals surface area contributed by atoms with Gasteiger partial charge in [-0.25, -0.2) is 19.9 Å². The Morgan fingerprint density at radius 1 is 0.328 bits per heavy atom. The minimum Gasteiger partial charge on any atom is -0.247 e. The Kier molecular flexibility index (Phi) is 7.34. The fourth-order valence-corrected chi connectivity index (χ4v) is 10.5. The summed E-state index contributed by atoms with van der Waals surface area (Å²) in [5.41, 5.74) is 13.0. The molecule has 0 atom stereocenters. The van der Waals surface area contributed by atoms with Crippen LogP contribution in [0.15, 0.2) is 204 Å². The molecule has 5 heteroatoms. The van der Waals surface area contributed by atoms with Gasteiger partial charge in [-0.05, 0) is 75.2 Å². The van der Waals surface area contributed by atoms with Crippen LogP contribution in [0.5, 0.6) is 0 Å². The first-order valence-corrected chi connectivity index (χ1v) is 20.4. The maximum absolute atomic E-state index is 5.48. The van der Waals surface area contributed by atoms with E-state index in [2.05, 4.69) is 133 Å². The van der Waals surface area contributed by atoms with Crippen LogP contribution in [0.3, 0.4) is 0 Å². The number of benzene rings is 8. The van der Waals surface area contributed by atoms with Crippen LogP contribution in [-0.2, 0) is 5.41 Å². The van der Waals surface area contributed by atoms with Crippen LogP contribution >= 0.6 is 11.8 Å². The molecular weight excluding hydrogens is 725 g/mol. The third-order valence-electron chi connectivity index (χ3n) is 11.8. The van der Waals surface area contributed by atoms with Gasteiger partial charge in [0.25, 0.3) is 0 Å². The quantitative estimate of drug-likeness (QED) is 0.167. The van der Waals surface area contributed by atoms with Crippen LogP contribution in [0.4, 0.5) is 0 Å². The van der Waals surface area contributed by atoms with Gasteiger partial charge in [-0.2, -0.15) is 0 Å². The van der Waals surface area contributed by atoms with Crippen LogP contribution in [-0.4, -0.2) is 19.9 Å². The van der Waals surface area contributed by atoms with Gasteiger partial charge in [-0.3, -0.25) is 0 Å². The van der Waals surface area contributed by atoms with Gasteiger partial charge < -0.3 is 0 Å². The highest BCUT2D eigenvalue weighted by Gasteiger charge is 2.50. The second-order valence-corrected chi connectivity index (χ2v) is 16.0. The summed E-state index contributed by atoms with van der Waals surface area (Å²) in [7, 11) is 0. The predicted octanol–water partition coefficient (Wildman–Crippen LogP) is 13.1. The van der Waals surface area contributed by atoms with Crippen LogP contribution in [0.1, 0.15) is 22.3 Å². The van der Waals surface area contributed by atoms with Crippen molar-refractivity contribution in [1.82, 2.24) is 19.9 Å². The fraction of sp³-hybridized carbons (Fsp3) is 0.0189. The lowest BCUT2D eigenvalue weighted by Crippen LogP contribution is -2.31. The van der Waals surface area contributed by atoms with E-state index in [1.54, 1.807) is 0 Å². The first-order valence-electron chi connectivity index (χ1n) is 19.6. The normalized spacial score (nSPS) is 13.2. The minimum absolute atomic E-state index is 0.490. The molecule has 1 spiro atoms. The lowest BCUT2D eigenvalue weighted by atomic mass is 9.67. The number of hydrogen-bond acceptors (Lipinski definition) is 5. The molecule has 12 rings (SSSR count). The average molecular weight is 757 g/mol. The maximum Gasteiger partial charge on any atom is 0.164 e. The molecule has 1 aliphatic heterocycles. The van der Waals surface area contributed by atoms with Crippen LogP contribution in [0.25, 0.3) is 78.2 Å². The van der Waals surface area contributed by atoms with Crippen molar-refractivity contribution >= 4 is 33.4 Å². The number of rotatable bonds is 4. The Balaban J connectivity index is 1.12. The smallest absolute Gasteiger partial charge is 0.164 e. The summed E-state index contributed by atoms with van der Waals surface area (Å²) < 4.78 is 0. The van der Waals surface area contributed by atoms with Gasteiger partial charge in [0.1, 0.15) is 0 Å². The molecule has 270 valence electrons. The molecule has 0 amide bonds. The zero-order chi connectivity index (χ0) is 38.2. The predicted molar refractivity (Wildman–Crippen MR) is 236 cm³/mol. The second kappa shape index (κ2) is 12.9. The second-order valence-electron chi connectivity index (χ2n) is 14.9. The molecular formula is C53H32N4S. The third kappa shape index (κ3) is 4.90. The minimum atomic E-state index is -0.490. The molecule has 58 heavy (non-hydrogen) atoms. The topological polar surface area (TPSA) is 51.6 Å². The molecule has 1 aliphatic carbocycles. The number of para-hydroxylation sites is 1. The van der Waals surface area contributed by atoms with Crippen LogP contribution < -0.4 is 0 Å². The van der Waals surface area contributed by atoms with E-state index in [1.165, 1.54) is 48.6 Å². The van der Waals surface area contributed by atoms with Gasteiger partial charge in [-0.15, -0.1) is 0 Å². The highest BCUT2D eigenvalue weighted by Crippen LogP contribution is 2.62. The third-order valence-corrected chi connectivity index (χ3v) is 12.9. The van der Waals surface area contributed by atoms with E-state index in [4.69, 9.17) is 19.9 Å². The fourth-order valence-electron chi connectivity index (χ4n) is 9.26. The summed E-state index contributed by atoms with van der Waals surface area (Å²) in [5, 5.41) is 3.43. The molecule has 0 saturated carbocycles. The Hall–Kier alpha value is -7.21. The Morgan fingerprint density at radius 3 is 1.55 bits per heavy atom. The molecule has 3 heterocycles. The highest BCUT2D eigenvalue weighted by molar-refractivity contribution is 7.99. The monoisotopic (exact) mass is 756 g/mol. The zero-order valence-electron chi connectivity index (χ0n) is 31.2. The van der Waals surface area contributed by atoms with E-state index in [1.807, 2.05) is 72.4 Å². The van der Waals surface area contributed by atoms with E-state index in [9.17, 15) is 0 Å². The first kappa shape index (κ1) is 33.0. The Labute approximate surface area is 340 Å². The van der Waals surface area contributed by atoms with Crippen molar-refractivity contribution in [3.8, 4) is 56.5 Å². The van der Waals surface area contributed by atoms with Crippen molar-refractivity contribution in [1.29, 1.82) is 0 Å².